The average molecular weight is 431 g/mol. The summed E-state index contributed by atoms with van der Waals surface area (Å²) in [6.45, 7) is 1.79. The third kappa shape index (κ3) is 3.78. The molecule has 32 heavy (non-hydrogen) atoms. The molecule has 2 heterocycles. The molecule has 0 bridgehead atoms. The molecule has 9 heteroatoms. The number of nitrogens with zero attached hydrogens (tertiary/aromatic N) is 3. The molecule has 2 aromatic rings. The van der Waals surface area contributed by atoms with E-state index in [-0.39, 0.29) is 5.91 Å². The summed E-state index contributed by atoms with van der Waals surface area (Å²) in [4.78, 5) is 52.3. The van der Waals surface area contributed by atoms with Gasteiger partial charge in [0.25, 0.3) is 5.91 Å². The normalized spacial score (nSPS) is 20.3. The van der Waals surface area contributed by atoms with Crippen molar-refractivity contribution in [1.82, 2.24) is 10.2 Å². The molecular formula is C23H21N5O4. The first-order valence-corrected chi connectivity index (χ1v) is 10.2. The van der Waals surface area contributed by atoms with Crippen molar-refractivity contribution < 1.29 is 19.2 Å². The highest BCUT2D eigenvalue weighted by Gasteiger charge is 2.49. The number of benzene rings is 2. The molecule has 2 aromatic carbocycles. The van der Waals surface area contributed by atoms with Gasteiger partial charge in [-0.05, 0) is 55.3 Å². The van der Waals surface area contributed by atoms with Gasteiger partial charge in [0, 0.05) is 24.3 Å². The van der Waals surface area contributed by atoms with Crippen molar-refractivity contribution in [2.24, 2.45) is 0 Å². The van der Waals surface area contributed by atoms with Crippen LogP contribution in [-0.2, 0) is 19.9 Å². The van der Waals surface area contributed by atoms with E-state index in [4.69, 9.17) is 5.26 Å². The molecule has 162 valence electrons. The number of anilines is 2. The maximum absolute atomic E-state index is 13.0. The van der Waals surface area contributed by atoms with E-state index in [0.717, 1.165) is 17.0 Å². The largest absolute Gasteiger partial charge is 0.325 e. The number of carbonyl (C=O) groups excluding carboxylic acids is 4. The number of imide groups is 1. The smallest absolute Gasteiger partial charge is 0.325 e. The van der Waals surface area contributed by atoms with Crippen LogP contribution in [0.1, 0.15) is 30.9 Å². The minimum absolute atomic E-state index is 0.0747. The second kappa shape index (κ2) is 8.15. The van der Waals surface area contributed by atoms with Crippen LogP contribution < -0.4 is 15.5 Å². The van der Waals surface area contributed by atoms with E-state index in [0.29, 0.717) is 29.8 Å². The number of hydrogen-bond donors (Lipinski definition) is 2. The lowest BCUT2D eigenvalue weighted by molar-refractivity contribution is -0.133. The van der Waals surface area contributed by atoms with Gasteiger partial charge in [0.1, 0.15) is 12.1 Å². The van der Waals surface area contributed by atoms with E-state index in [2.05, 4.69) is 10.6 Å². The quantitative estimate of drug-likeness (QED) is 0.702. The summed E-state index contributed by atoms with van der Waals surface area (Å²) < 4.78 is 0. The maximum Gasteiger partial charge on any atom is 0.325 e. The number of hydrogen-bond acceptors (Lipinski definition) is 5. The van der Waals surface area contributed by atoms with Crippen molar-refractivity contribution in [3.05, 3.63) is 59.7 Å². The van der Waals surface area contributed by atoms with Crippen molar-refractivity contribution in [3.8, 4) is 6.07 Å². The number of carbonyl (C=O) groups is 4. The summed E-state index contributed by atoms with van der Waals surface area (Å²) in [6.07, 6.45) is 1.36. The fourth-order valence-electron chi connectivity index (χ4n) is 3.90. The van der Waals surface area contributed by atoms with Gasteiger partial charge in [-0.2, -0.15) is 5.26 Å². The highest BCUT2D eigenvalue weighted by atomic mass is 16.2. The first-order chi connectivity index (χ1) is 15.3. The Morgan fingerprint density at radius 2 is 1.81 bits per heavy atom. The third-order valence-electron chi connectivity index (χ3n) is 5.70. The molecule has 1 atom stereocenters. The summed E-state index contributed by atoms with van der Waals surface area (Å²) in [6, 6.07) is 14.5. The highest BCUT2D eigenvalue weighted by molar-refractivity contribution is 6.10. The third-order valence-corrected chi connectivity index (χ3v) is 5.70. The van der Waals surface area contributed by atoms with Crippen LogP contribution in [-0.4, -0.2) is 41.7 Å². The topological polar surface area (TPSA) is 123 Å². The molecule has 0 aliphatic carbocycles. The lowest BCUT2D eigenvalue weighted by atomic mass is 9.91. The molecule has 9 nitrogen and oxygen atoms in total. The Morgan fingerprint density at radius 1 is 1.12 bits per heavy atom. The average Bonchev–Trinajstić information content (AvgIpc) is 3.31. The zero-order valence-electron chi connectivity index (χ0n) is 17.4. The Bertz CT molecular complexity index is 1140. The Labute approximate surface area is 184 Å². The van der Waals surface area contributed by atoms with Crippen LogP contribution in [0.2, 0.25) is 0 Å². The second-order valence-electron chi connectivity index (χ2n) is 7.88. The van der Waals surface area contributed by atoms with E-state index < -0.39 is 29.9 Å². The Balaban J connectivity index is 1.41. The summed E-state index contributed by atoms with van der Waals surface area (Å²) >= 11 is 0. The van der Waals surface area contributed by atoms with Crippen molar-refractivity contribution in [1.29, 1.82) is 5.26 Å². The molecule has 5 amide bonds. The number of urea groups is 1. The predicted molar refractivity (Wildman–Crippen MR) is 115 cm³/mol. The molecule has 2 N–H and O–H groups in total. The first-order valence-electron chi connectivity index (χ1n) is 10.2. The SMILES string of the molecule is CC1(c2ccc(C#N)cc2)NC(=O)N(CC(=O)Nc2ccc(N3CCCC3=O)cc2)C1=O. The van der Waals surface area contributed by atoms with Crippen molar-refractivity contribution in [2.75, 3.05) is 23.3 Å². The predicted octanol–water partition coefficient (Wildman–Crippen LogP) is 2.09. The molecular weight excluding hydrogens is 410 g/mol. The van der Waals surface area contributed by atoms with Gasteiger partial charge in [-0.3, -0.25) is 19.3 Å². The van der Waals surface area contributed by atoms with Gasteiger partial charge in [0.05, 0.1) is 11.6 Å². The van der Waals surface area contributed by atoms with Gasteiger partial charge in [-0.25, -0.2) is 4.79 Å². The molecule has 4 rings (SSSR count). The molecule has 2 aliphatic heterocycles. The zero-order chi connectivity index (χ0) is 22.9. The van der Waals surface area contributed by atoms with Gasteiger partial charge in [-0.15, -0.1) is 0 Å². The number of nitrogens with one attached hydrogen (secondary N) is 2. The molecule has 1 unspecified atom stereocenters. The molecule has 0 saturated carbocycles. The lowest BCUT2D eigenvalue weighted by Gasteiger charge is -2.22. The number of rotatable bonds is 5. The number of amides is 5. The van der Waals surface area contributed by atoms with Gasteiger partial charge in [0.2, 0.25) is 11.8 Å². The Morgan fingerprint density at radius 3 is 2.41 bits per heavy atom. The Kier molecular flexibility index (Phi) is 5.36. The summed E-state index contributed by atoms with van der Waals surface area (Å²) in [5, 5.41) is 14.2. The Hall–Kier alpha value is -4.19. The van der Waals surface area contributed by atoms with Crippen LogP contribution in [0.15, 0.2) is 48.5 Å². The summed E-state index contributed by atoms with van der Waals surface area (Å²) in [5.74, 6) is -1.00. The monoisotopic (exact) mass is 431 g/mol. The number of nitriles is 1. The van der Waals surface area contributed by atoms with Crippen LogP contribution in [0.3, 0.4) is 0 Å². The molecule has 2 aliphatic rings. The first kappa shape index (κ1) is 21.1. The second-order valence-corrected chi connectivity index (χ2v) is 7.88. The summed E-state index contributed by atoms with van der Waals surface area (Å²) in [7, 11) is 0. The van der Waals surface area contributed by atoms with Crippen molar-refractivity contribution in [2.45, 2.75) is 25.3 Å². The van der Waals surface area contributed by atoms with Crippen LogP contribution in [0, 0.1) is 11.3 Å². The zero-order valence-corrected chi connectivity index (χ0v) is 17.4. The van der Waals surface area contributed by atoms with Crippen molar-refractivity contribution in [3.63, 3.8) is 0 Å². The standard InChI is InChI=1S/C23H21N5O4/c1-23(16-6-4-15(13-24)5-7-16)21(31)28(22(32)26-23)14-19(29)25-17-8-10-18(11-9-17)27-12-2-3-20(27)30/h4-11H,2-3,12,14H2,1H3,(H,25,29)(H,26,32). The van der Waals surface area contributed by atoms with Gasteiger partial charge >= 0.3 is 6.03 Å². The van der Waals surface area contributed by atoms with E-state index in [1.54, 1.807) is 60.4 Å². The van der Waals surface area contributed by atoms with Crippen LogP contribution in [0.25, 0.3) is 0 Å². The molecule has 0 aromatic heterocycles. The van der Waals surface area contributed by atoms with Gasteiger partial charge < -0.3 is 15.5 Å². The fourth-order valence-corrected chi connectivity index (χ4v) is 3.90. The minimum atomic E-state index is -1.32. The van der Waals surface area contributed by atoms with E-state index in [1.165, 1.54) is 0 Å². The van der Waals surface area contributed by atoms with E-state index in [9.17, 15) is 19.2 Å². The van der Waals surface area contributed by atoms with Crippen LogP contribution in [0.4, 0.5) is 16.2 Å². The molecule has 2 fully saturated rings. The van der Waals surface area contributed by atoms with E-state index >= 15 is 0 Å². The summed E-state index contributed by atoms with van der Waals surface area (Å²) in [5.41, 5.74) is 0.885. The van der Waals surface area contributed by atoms with Gasteiger partial charge in [-0.1, -0.05) is 12.1 Å². The molecule has 0 radical (unpaired) electrons. The maximum atomic E-state index is 13.0. The van der Waals surface area contributed by atoms with Crippen LogP contribution in [0.5, 0.6) is 0 Å². The fraction of sp³-hybridized carbons (Fsp3) is 0.261. The van der Waals surface area contributed by atoms with Crippen molar-refractivity contribution >= 4 is 35.1 Å². The molecule has 0 spiro atoms. The highest BCUT2D eigenvalue weighted by Crippen LogP contribution is 2.29. The molecule has 2 saturated heterocycles. The van der Waals surface area contributed by atoms with Gasteiger partial charge in [0.15, 0.2) is 0 Å². The lowest BCUT2D eigenvalue weighted by Crippen LogP contribution is -2.42. The van der Waals surface area contributed by atoms with E-state index in [1.807, 2.05) is 6.07 Å². The minimum Gasteiger partial charge on any atom is -0.325 e. The van der Waals surface area contributed by atoms with Crippen LogP contribution >= 0.6 is 0 Å².